The quantitative estimate of drug-likeness (QED) is 0.718. The van der Waals surface area contributed by atoms with Gasteiger partial charge in [0, 0.05) is 12.6 Å². The van der Waals surface area contributed by atoms with Gasteiger partial charge in [0.05, 0.1) is 0 Å². The zero-order valence-electron chi connectivity index (χ0n) is 8.77. The van der Waals surface area contributed by atoms with Gasteiger partial charge in [-0.1, -0.05) is 43.1 Å². The van der Waals surface area contributed by atoms with Crippen LogP contribution in [0.25, 0.3) is 0 Å². The van der Waals surface area contributed by atoms with Gasteiger partial charge in [-0.3, -0.25) is 4.72 Å². The van der Waals surface area contributed by atoms with E-state index in [-0.39, 0.29) is 0 Å². The first-order valence-electron chi connectivity index (χ1n) is 4.80. The van der Waals surface area contributed by atoms with Gasteiger partial charge in [0.15, 0.2) is 0 Å². The monoisotopic (exact) mass is 210 g/mol. The van der Waals surface area contributed by atoms with E-state index in [1.54, 1.807) is 0 Å². The molecule has 1 aromatic carbocycles. The molecule has 0 spiro atoms. The summed E-state index contributed by atoms with van der Waals surface area (Å²) in [6, 6.07) is 10.9. The van der Waals surface area contributed by atoms with Gasteiger partial charge in [0.1, 0.15) is 0 Å². The Morgan fingerprint density at radius 3 is 2.43 bits per heavy atom. The van der Waals surface area contributed by atoms with Crippen LogP contribution in [0.1, 0.15) is 5.56 Å². The molecule has 0 amide bonds. The third kappa shape index (κ3) is 4.13. The van der Waals surface area contributed by atoms with E-state index in [0.29, 0.717) is 6.04 Å². The minimum absolute atomic E-state index is 0.399. The number of benzene rings is 1. The van der Waals surface area contributed by atoms with Crippen molar-refractivity contribution in [2.45, 2.75) is 12.5 Å². The Kier molecular flexibility index (Phi) is 5.01. The summed E-state index contributed by atoms with van der Waals surface area (Å²) in [5, 5.41) is 0. The van der Waals surface area contributed by atoms with Crippen molar-refractivity contribution in [3.63, 3.8) is 0 Å². The summed E-state index contributed by atoms with van der Waals surface area (Å²) in [7, 11) is 4.15. The smallest absolute Gasteiger partial charge is 0.0337 e. The van der Waals surface area contributed by atoms with E-state index >= 15 is 0 Å². The molecule has 78 valence electrons. The maximum absolute atomic E-state index is 4.14. The first-order valence-corrected chi connectivity index (χ1v) is 5.25. The van der Waals surface area contributed by atoms with Crippen LogP contribution in [0.3, 0.4) is 0 Å². The molecule has 0 saturated carbocycles. The van der Waals surface area contributed by atoms with Crippen molar-refractivity contribution >= 4 is 12.8 Å². The molecule has 2 nitrogen and oxygen atoms in total. The first kappa shape index (κ1) is 11.6. The predicted octanol–water partition coefficient (Wildman–Crippen LogP) is 1.59. The van der Waals surface area contributed by atoms with Crippen LogP contribution in [0.2, 0.25) is 0 Å². The van der Waals surface area contributed by atoms with Crippen molar-refractivity contribution in [3.05, 3.63) is 35.9 Å². The lowest BCUT2D eigenvalue weighted by molar-refractivity contribution is 0.362. The summed E-state index contributed by atoms with van der Waals surface area (Å²) in [5.74, 6) is 0. The maximum atomic E-state index is 4.14. The number of likely N-dealkylation sites (N-methyl/N-ethyl adjacent to an activating group) is 1. The number of hydrogen-bond acceptors (Lipinski definition) is 3. The minimum atomic E-state index is 0.399. The largest absolute Gasteiger partial charge is 0.308 e. The SMILES string of the molecule is CN(C)CC(Cc1ccccc1)NS. The molecule has 0 radical (unpaired) electrons. The Balaban J connectivity index is 2.48. The highest BCUT2D eigenvalue weighted by atomic mass is 32.1. The fourth-order valence-corrected chi connectivity index (χ4v) is 1.66. The summed E-state index contributed by atoms with van der Waals surface area (Å²) in [6.07, 6.45) is 1.02. The zero-order valence-corrected chi connectivity index (χ0v) is 9.67. The fourth-order valence-electron chi connectivity index (χ4n) is 1.49. The van der Waals surface area contributed by atoms with Crippen molar-refractivity contribution in [1.82, 2.24) is 9.62 Å². The van der Waals surface area contributed by atoms with Crippen molar-refractivity contribution < 1.29 is 0 Å². The molecule has 0 aromatic heterocycles. The van der Waals surface area contributed by atoms with E-state index in [1.165, 1.54) is 5.56 Å². The summed E-state index contributed by atoms with van der Waals surface area (Å²) in [4.78, 5) is 2.16. The molecule has 1 N–H and O–H groups in total. The van der Waals surface area contributed by atoms with Gasteiger partial charge in [-0.25, -0.2) is 0 Å². The Morgan fingerprint density at radius 2 is 1.93 bits per heavy atom. The molecule has 3 heteroatoms. The van der Waals surface area contributed by atoms with Gasteiger partial charge in [0.2, 0.25) is 0 Å². The maximum Gasteiger partial charge on any atom is 0.0337 e. The minimum Gasteiger partial charge on any atom is -0.308 e. The van der Waals surface area contributed by atoms with Gasteiger partial charge in [-0.2, -0.15) is 0 Å². The fraction of sp³-hybridized carbons (Fsp3) is 0.455. The van der Waals surface area contributed by atoms with E-state index in [2.05, 4.69) is 60.8 Å². The highest BCUT2D eigenvalue weighted by Crippen LogP contribution is 2.04. The molecule has 1 unspecified atom stereocenters. The average molecular weight is 210 g/mol. The third-order valence-corrected chi connectivity index (χ3v) is 2.46. The molecule has 0 aliphatic carbocycles. The Hall–Kier alpha value is -0.510. The van der Waals surface area contributed by atoms with Crippen molar-refractivity contribution in [1.29, 1.82) is 0 Å². The molecular formula is C11H18N2S. The summed E-state index contributed by atoms with van der Waals surface area (Å²) in [5.41, 5.74) is 1.35. The van der Waals surface area contributed by atoms with E-state index in [1.807, 2.05) is 6.07 Å². The van der Waals surface area contributed by atoms with E-state index in [9.17, 15) is 0 Å². The topological polar surface area (TPSA) is 15.3 Å². The Morgan fingerprint density at radius 1 is 1.29 bits per heavy atom. The summed E-state index contributed by atoms with van der Waals surface area (Å²) in [6.45, 7) is 0.998. The lowest BCUT2D eigenvalue weighted by Crippen LogP contribution is -2.35. The van der Waals surface area contributed by atoms with E-state index in [4.69, 9.17) is 0 Å². The standard InChI is InChI=1S/C11H18N2S/c1-13(2)9-11(12-14)8-10-6-4-3-5-7-10/h3-7,11-12,14H,8-9H2,1-2H3. The number of thiol groups is 1. The number of hydrogen-bond donors (Lipinski definition) is 2. The van der Waals surface area contributed by atoms with Gasteiger partial charge < -0.3 is 4.90 Å². The molecule has 0 bridgehead atoms. The van der Waals surface area contributed by atoms with Crippen LogP contribution in [0.15, 0.2) is 30.3 Å². The summed E-state index contributed by atoms with van der Waals surface area (Å²) >= 11 is 4.14. The second-order valence-corrected chi connectivity index (χ2v) is 4.04. The molecule has 0 heterocycles. The third-order valence-electron chi connectivity index (χ3n) is 2.09. The molecule has 0 aliphatic heterocycles. The van der Waals surface area contributed by atoms with Crippen molar-refractivity contribution in [2.75, 3.05) is 20.6 Å². The van der Waals surface area contributed by atoms with Crippen LogP contribution < -0.4 is 4.72 Å². The molecule has 0 fully saturated rings. The second kappa shape index (κ2) is 6.06. The molecule has 1 atom stereocenters. The molecular weight excluding hydrogens is 192 g/mol. The lowest BCUT2D eigenvalue weighted by atomic mass is 10.1. The van der Waals surface area contributed by atoms with Crippen LogP contribution in [-0.2, 0) is 6.42 Å². The average Bonchev–Trinajstić information content (AvgIpc) is 2.17. The Bertz CT molecular complexity index is 249. The molecule has 0 saturated heterocycles. The van der Waals surface area contributed by atoms with E-state index < -0.39 is 0 Å². The van der Waals surface area contributed by atoms with Gasteiger partial charge in [-0.15, -0.1) is 0 Å². The number of rotatable bonds is 5. The highest BCUT2D eigenvalue weighted by Gasteiger charge is 2.07. The molecule has 1 aromatic rings. The van der Waals surface area contributed by atoms with Gasteiger partial charge in [0.25, 0.3) is 0 Å². The number of nitrogens with one attached hydrogen (secondary N) is 1. The molecule has 0 aliphatic rings. The van der Waals surface area contributed by atoms with E-state index in [0.717, 1.165) is 13.0 Å². The van der Waals surface area contributed by atoms with Crippen LogP contribution in [-0.4, -0.2) is 31.6 Å². The second-order valence-electron chi connectivity index (χ2n) is 3.78. The Labute approximate surface area is 91.9 Å². The highest BCUT2D eigenvalue weighted by molar-refractivity contribution is 7.78. The van der Waals surface area contributed by atoms with Crippen LogP contribution in [0.4, 0.5) is 0 Å². The molecule has 14 heavy (non-hydrogen) atoms. The van der Waals surface area contributed by atoms with Gasteiger partial charge >= 0.3 is 0 Å². The van der Waals surface area contributed by atoms with Crippen LogP contribution >= 0.6 is 12.8 Å². The molecule has 1 rings (SSSR count). The van der Waals surface area contributed by atoms with Crippen molar-refractivity contribution in [3.8, 4) is 0 Å². The lowest BCUT2D eigenvalue weighted by Gasteiger charge is -2.19. The normalized spacial score (nSPS) is 13.1. The zero-order chi connectivity index (χ0) is 10.4. The number of nitrogens with zero attached hydrogens (tertiary/aromatic N) is 1. The predicted molar refractivity (Wildman–Crippen MR) is 64.6 cm³/mol. The summed E-state index contributed by atoms with van der Waals surface area (Å²) < 4.78 is 3.03. The van der Waals surface area contributed by atoms with Crippen LogP contribution in [0.5, 0.6) is 0 Å². The van der Waals surface area contributed by atoms with Gasteiger partial charge in [-0.05, 0) is 26.1 Å². The first-order chi connectivity index (χ1) is 6.72. The van der Waals surface area contributed by atoms with Crippen LogP contribution in [0, 0.1) is 0 Å². The van der Waals surface area contributed by atoms with Crippen molar-refractivity contribution in [2.24, 2.45) is 0 Å².